The average Bonchev–Trinajstić information content (AvgIpc) is 2.28. The van der Waals surface area contributed by atoms with Crippen LogP contribution in [0.4, 0.5) is 0 Å². The van der Waals surface area contributed by atoms with Crippen molar-refractivity contribution in [3.05, 3.63) is 11.3 Å². The quantitative estimate of drug-likeness (QED) is 0.667. The van der Waals surface area contributed by atoms with Crippen molar-refractivity contribution in [3.8, 4) is 0 Å². The lowest BCUT2D eigenvalue weighted by Crippen LogP contribution is -2.25. The molecule has 0 aromatic carbocycles. The first-order valence-electron chi connectivity index (χ1n) is 5.21. The van der Waals surface area contributed by atoms with Crippen LogP contribution in [0.5, 0.6) is 0 Å². The van der Waals surface area contributed by atoms with Gasteiger partial charge in [-0.05, 0) is 26.2 Å². The van der Waals surface area contributed by atoms with E-state index in [4.69, 9.17) is 14.2 Å². The molecule has 0 aromatic heterocycles. The van der Waals surface area contributed by atoms with E-state index in [9.17, 15) is 4.79 Å². The van der Waals surface area contributed by atoms with Gasteiger partial charge in [0.2, 0.25) is 0 Å². The van der Waals surface area contributed by atoms with Crippen molar-refractivity contribution in [2.45, 2.75) is 32.3 Å². The largest absolute Gasteiger partial charge is 0.498 e. The summed E-state index contributed by atoms with van der Waals surface area (Å²) in [6.07, 6.45) is 2.42. The van der Waals surface area contributed by atoms with Crippen LogP contribution < -0.4 is 0 Å². The third-order valence-electron chi connectivity index (χ3n) is 2.51. The summed E-state index contributed by atoms with van der Waals surface area (Å²) >= 11 is 0. The van der Waals surface area contributed by atoms with Crippen molar-refractivity contribution in [2.75, 3.05) is 20.8 Å². The number of ether oxygens (including phenoxy) is 3. The van der Waals surface area contributed by atoms with Gasteiger partial charge in [0, 0.05) is 7.11 Å². The summed E-state index contributed by atoms with van der Waals surface area (Å²) in [6, 6.07) is 0. The van der Waals surface area contributed by atoms with Crippen LogP contribution in [0.25, 0.3) is 0 Å². The molecule has 15 heavy (non-hydrogen) atoms. The Morgan fingerprint density at radius 1 is 1.47 bits per heavy atom. The van der Waals surface area contributed by atoms with Crippen LogP contribution >= 0.6 is 0 Å². The zero-order chi connectivity index (χ0) is 11.3. The smallest absolute Gasteiger partial charge is 0.337 e. The highest BCUT2D eigenvalue weighted by atomic mass is 16.5. The summed E-state index contributed by atoms with van der Waals surface area (Å²) in [7, 11) is 3.18. The molecule has 1 unspecified atom stereocenters. The highest BCUT2D eigenvalue weighted by Crippen LogP contribution is 2.28. The summed E-state index contributed by atoms with van der Waals surface area (Å²) in [5, 5.41) is 0. The van der Waals surface area contributed by atoms with E-state index in [1.54, 1.807) is 21.1 Å². The number of hydrogen-bond donors (Lipinski definition) is 0. The second kappa shape index (κ2) is 5.75. The molecular weight excluding hydrogens is 196 g/mol. The molecule has 0 fully saturated rings. The van der Waals surface area contributed by atoms with Gasteiger partial charge in [-0.25, -0.2) is 4.79 Å². The lowest BCUT2D eigenvalue weighted by molar-refractivity contribution is -0.139. The van der Waals surface area contributed by atoms with Gasteiger partial charge in [0.1, 0.15) is 11.9 Å². The van der Waals surface area contributed by atoms with Crippen LogP contribution in [0.15, 0.2) is 11.3 Å². The van der Waals surface area contributed by atoms with Crippen molar-refractivity contribution in [1.29, 1.82) is 0 Å². The molecule has 0 spiro atoms. The third-order valence-corrected chi connectivity index (χ3v) is 2.51. The van der Waals surface area contributed by atoms with Crippen LogP contribution in [0.2, 0.25) is 0 Å². The molecule has 0 aromatic rings. The first-order valence-corrected chi connectivity index (χ1v) is 5.21. The van der Waals surface area contributed by atoms with Crippen LogP contribution in [0, 0.1) is 0 Å². The van der Waals surface area contributed by atoms with E-state index < -0.39 is 0 Å². The zero-order valence-electron chi connectivity index (χ0n) is 9.54. The Hall–Kier alpha value is -1.03. The van der Waals surface area contributed by atoms with Crippen molar-refractivity contribution in [2.24, 2.45) is 0 Å². The average molecular weight is 214 g/mol. The minimum absolute atomic E-state index is 0.108. The molecule has 1 aliphatic rings. The summed E-state index contributed by atoms with van der Waals surface area (Å²) in [5.74, 6) is 0.346. The molecule has 86 valence electrons. The molecule has 0 amide bonds. The van der Waals surface area contributed by atoms with Gasteiger partial charge in [-0.2, -0.15) is 0 Å². The van der Waals surface area contributed by atoms with E-state index in [2.05, 4.69) is 0 Å². The predicted molar refractivity (Wildman–Crippen MR) is 55.3 cm³/mol. The van der Waals surface area contributed by atoms with Crippen LogP contribution in [0.3, 0.4) is 0 Å². The second-order valence-electron chi connectivity index (χ2n) is 3.38. The SMILES string of the molecule is CCOC(=O)C1=C(OC)C(OC)CCC1. The zero-order valence-corrected chi connectivity index (χ0v) is 9.54. The monoisotopic (exact) mass is 214 g/mol. The fraction of sp³-hybridized carbons (Fsp3) is 0.727. The summed E-state index contributed by atoms with van der Waals surface area (Å²) in [5.41, 5.74) is 0.623. The van der Waals surface area contributed by atoms with E-state index in [1.807, 2.05) is 0 Å². The number of rotatable bonds is 4. The van der Waals surface area contributed by atoms with E-state index >= 15 is 0 Å². The Kier molecular flexibility index (Phi) is 4.62. The summed E-state index contributed by atoms with van der Waals surface area (Å²) in [6.45, 7) is 2.18. The van der Waals surface area contributed by atoms with Crippen molar-refractivity contribution >= 4 is 5.97 Å². The molecule has 0 N–H and O–H groups in total. The number of hydrogen-bond acceptors (Lipinski definition) is 4. The van der Waals surface area contributed by atoms with Crippen molar-refractivity contribution < 1.29 is 19.0 Å². The third kappa shape index (κ3) is 2.72. The highest BCUT2D eigenvalue weighted by Gasteiger charge is 2.28. The first kappa shape index (κ1) is 12.0. The van der Waals surface area contributed by atoms with Gasteiger partial charge in [0.15, 0.2) is 0 Å². The molecule has 4 heteroatoms. The molecule has 0 radical (unpaired) electrons. The Morgan fingerprint density at radius 3 is 2.73 bits per heavy atom. The van der Waals surface area contributed by atoms with E-state index in [-0.39, 0.29) is 12.1 Å². The topological polar surface area (TPSA) is 44.8 Å². The highest BCUT2D eigenvalue weighted by molar-refractivity contribution is 5.89. The van der Waals surface area contributed by atoms with Gasteiger partial charge in [0.05, 0.1) is 19.3 Å². The van der Waals surface area contributed by atoms with Crippen LogP contribution in [-0.4, -0.2) is 32.9 Å². The Labute approximate surface area is 90.2 Å². The van der Waals surface area contributed by atoms with E-state index in [0.717, 1.165) is 12.8 Å². The predicted octanol–water partition coefficient (Wildman–Crippen LogP) is 1.65. The van der Waals surface area contributed by atoms with Gasteiger partial charge < -0.3 is 14.2 Å². The molecule has 0 saturated carbocycles. The number of carbonyl (C=O) groups excluding carboxylic acids is 1. The second-order valence-corrected chi connectivity index (χ2v) is 3.38. The number of methoxy groups -OCH3 is 2. The van der Waals surface area contributed by atoms with Gasteiger partial charge in [-0.15, -0.1) is 0 Å². The number of carbonyl (C=O) groups is 1. The first-order chi connectivity index (χ1) is 7.24. The van der Waals surface area contributed by atoms with E-state index in [1.165, 1.54) is 0 Å². The number of esters is 1. The van der Waals surface area contributed by atoms with Crippen molar-refractivity contribution in [1.82, 2.24) is 0 Å². The van der Waals surface area contributed by atoms with E-state index in [0.29, 0.717) is 24.4 Å². The summed E-state index contributed by atoms with van der Waals surface area (Å²) < 4.78 is 15.5. The van der Waals surface area contributed by atoms with Crippen molar-refractivity contribution in [3.63, 3.8) is 0 Å². The van der Waals surface area contributed by atoms with Crippen LogP contribution in [0.1, 0.15) is 26.2 Å². The molecule has 1 aliphatic carbocycles. The van der Waals surface area contributed by atoms with Gasteiger partial charge >= 0.3 is 5.97 Å². The van der Waals surface area contributed by atoms with Gasteiger partial charge in [-0.1, -0.05) is 0 Å². The Balaban J connectivity index is 2.88. The minimum atomic E-state index is -0.281. The van der Waals surface area contributed by atoms with Gasteiger partial charge in [0.25, 0.3) is 0 Å². The standard InChI is InChI=1S/C11H18O4/c1-4-15-11(12)8-6-5-7-9(13-2)10(8)14-3/h9H,4-7H2,1-3H3. The maximum atomic E-state index is 11.6. The molecule has 4 nitrogen and oxygen atoms in total. The molecule has 1 rings (SSSR count). The normalized spacial score (nSPS) is 21.4. The maximum absolute atomic E-state index is 11.6. The molecule has 0 bridgehead atoms. The lowest BCUT2D eigenvalue weighted by Gasteiger charge is -2.25. The molecule has 0 heterocycles. The van der Waals surface area contributed by atoms with Crippen LogP contribution in [-0.2, 0) is 19.0 Å². The molecular formula is C11H18O4. The van der Waals surface area contributed by atoms with Gasteiger partial charge in [-0.3, -0.25) is 0 Å². The lowest BCUT2D eigenvalue weighted by atomic mass is 9.95. The fourth-order valence-corrected chi connectivity index (χ4v) is 1.81. The molecule has 1 atom stereocenters. The Bertz CT molecular complexity index is 257. The summed E-state index contributed by atoms with van der Waals surface area (Å²) in [4.78, 5) is 11.6. The maximum Gasteiger partial charge on any atom is 0.337 e. The fourth-order valence-electron chi connectivity index (χ4n) is 1.81. The molecule has 0 aliphatic heterocycles. The minimum Gasteiger partial charge on any atom is -0.498 e. The molecule has 0 saturated heterocycles. The Morgan fingerprint density at radius 2 is 2.20 bits per heavy atom.